The van der Waals surface area contributed by atoms with E-state index in [2.05, 4.69) is 5.32 Å². The summed E-state index contributed by atoms with van der Waals surface area (Å²) in [7, 11) is 0. The number of hydrogen-bond donors (Lipinski definition) is 4. The number of nitrogens with one attached hydrogen (secondary N) is 1. The minimum absolute atomic E-state index is 0.0768. The van der Waals surface area contributed by atoms with Crippen LogP contribution in [0, 0.1) is 0 Å². The number of aromatic hydroxyl groups is 1. The van der Waals surface area contributed by atoms with Crippen molar-refractivity contribution in [3.8, 4) is 5.75 Å². The maximum atomic E-state index is 11.7. The molecule has 0 fully saturated rings. The molecule has 1 atom stereocenters. The van der Waals surface area contributed by atoms with E-state index >= 15 is 0 Å². The Morgan fingerprint density at radius 3 is 2.32 bits per heavy atom. The van der Waals surface area contributed by atoms with Crippen LogP contribution in [0.4, 0.5) is 10.5 Å². The van der Waals surface area contributed by atoms with Gasteiger partial charge in [-0.25, -0.2) is 9.59 Å². The van der Waals surface area contributed by atoms with E-state index < -0.39 is 23.3 Å². The lowest BCUT2D eigenvalue weighted by atomic mass is 9.96. The van der Waals surface area contributed by atoms with Gasteiger partial charge in [-0.1, -0.05) is 6.07 Å². The van der Waals surface area contributed by atoms with Crippen molar-refractivity contribution in [3.63, 3.8) is 0 Å². The van der Waals surface area contributed by atoms with Crippen molar-refractivity contribution in [3.05, 3.63) is 23.8 Å². The van der Waals surface area contributed by atoms with Gasteiger partial charge in [0.05, 0.1) is 5.69 Å². The zero-order chi connectivity index (χ0) is 17.1. The molecule has 0 saturated carbocycles. The quantitative estimate of drug-likeness (QED) is 0.633. The molecule has 22 heavy (non-hydrogen) atoms. The molecule has 4 N–H and O–H groups in total. The minimum Gasteiger partial charge on any atom is -0.506 e. The normalized spacial score (nSPS) is 14.0. The van der Waals surface area contributed by atoms with Crippen molar-refractivity contribution in [2.75, 3.05) is 5.32 Å². The Morgan fingerprint density at radius 1 is 1.23 bits per heavy atom. The summed E-state index contributed by atoms with van der Waals surface area (Å²) in [6, 6.07) is 4.16. The number of anilines is 1. The fourth-order valence-corrected chi connectivity index (χ4v) is 1.68. The molecule has 0 heterocycles. The summed E-state index contributed by atoms with van der Waals surface area (Å²) in [5, 5.41) is 30.8. The predicted molar refractivity (Wildman–Crippen MR) is 79.9 cm³/mol. The molecule has 0 bridgehead atoms. The molecular formula is C15H21NO6. The molecule has 1 rings (SSSR count). The first-order valence-electron chi connectivity index (χ1n) is 6.68. The van der Waals surface area contributed by atoms with Crippen molar-refractivity contribution in [2.45, 2.75) is 45.3 Å². The third-order valence-electron chi connectivity index (χ3n) is 2.71. The van der Waals surface area contributed by atoms with Gasteiger partial charge in [-0.2, -0.15) is 0 Å². The summed E-state index contributed by atoms with van der Waals surface area (Å²) in [6.45, 7) is 6.27. The van der Waals surface area contributed by atoms with Crippen molar-refractivity contribution < 1.29 is 29.6 Å². The molecule has 1 aromatic rings. The maximum Gasteiger partial charge on any atom is 0.412 e. The van der Waals surface area contributed by atoms with Crippen LogP contribution < -0.4 is 5.32 Å². The van der Waals surface area contributed by atoms with Gasteiger partial charge < -0.3 is 20.1 Å². The second-order valence-electron chi connectivity index (χ2n) is 6.23. The summed E-state index contributed by atoms with van der Waals surface area (Å²) in [5.74, 6) is -1.55. The lowest BCUT2D eigenvalue weighted by Gasteiger charge is -2.21. The average Bonchev–Trinajstić information content (AvgIpc) is 2.30. The number of carbonyl (C=O) groups excluding carboxylic acids is 1. The third kappa shape index (κ3) is 5.25. The van der Waals surface area contributed by atoms with Crippen molar-refractivity contribution in [2.24, 2.45) is 0 Å². The molecule has 1 aromatic carbocycles. The van der Waals surface area contributed by atoms with Crippen molar-refractivity contribution >= 4 is 17.7 Å². The zero-order valence-corrected chi connectivity index (χ0v) is 13.0. The lowest BCUT2D eigenvalue weighted by molar-refractivity contribution is -0.156. The summed E-state index contributed by atoms with van der Waals surface area (Å²) in [5.41, 5.74) is -2.12. The van der Waals surface area contributed by atoms with Gasteiger partial charge in [0.15, 0.2) is 5.60 Å². The standard InChI is InChI=1S/C15H21NO6/c1-14(2,3)22-13(20)16-10-7-9(5-6-11(10)17)8-15(4,21)12(18)19/h5-7,17,21H,8H2,1-4H3,(H,16,20)(H,18,19). The SMILES string of the molecule is CC(C)(C)OC(=O)Nc1cc(CC(C)(O)C(=O)O)ccc1O. The number of phenols is 1. The molecule has 122 valence electrons. The van der Waals surface area contributed by atoms with Gasteiger partial charge in [-0.05, 0) is 45.4 Å². The second kappa shape index (κ2) is 6.23. The molecule has 1 amide bonds. The molecule has 0 saturated heterocycles. The van der Waals surface area contributed by atoms with Crippen molar-refractivity contribution in [1.82, 2.24) is 0 Å². The third-order valence-corrected chi connectivity index (χ3v) is 2.71. The van der Waals surface area contributed by atoms with Gasteiger partial charge in [-0.3, -0.25) is 5.32 Å². The van der Waals surface area contributed by atoms with Crippen LogP contribution in [0.15, 0.2) is 18.2 Å². The number of benzene rings is 1. The van der Waals surface area contributed by atoms with Gasteiger partial charge in [0.2, 0.25) is 0 Å². The average molecular weight is 311 g/mol. The maximum absolute atomic E-state index is 11.7. The van der Waals surface area contributed by atoms with Gasteiger partial charge >= 0.3 is 12.1 Å². The molecule has 7 heteroatoms. The van der Waals surface area contributed by atoms with E-state index in [1.54, 1.807) is 20.8 Å². The number of carbonyl (C=O) groups is 2. The van der Waals surface area contributed by atoms with Crippen LogP contribution >= 0.6 is 0 Å². The summed E-state index contributed by atoms with van der Waals surface area (Å²) < 4.78 is 5.07. The number of amides is 1. The van der Waals surface area contributed by atoms with Crippen molar-refractivity contribution in [1.29, 1.82) is 0 Å². The van der Waals surface area contributed by atoms with Crippen LogP contribution in [0.1, 0.15) is 33.3 Å². The number of carboxylic acids is 1. The molecule has 0 aliphatic rings. The number of aliphatic carboxylic acids is 1. The fourth-order valence-electron chi connectivity index (χ4n) is 1.68. The smallest absolute Gasteiger partial charge is 0.412 e. The lowest BCUT2D eigenvalue weighted by Crippen LogP contribution is -2.37. The Kier molecular flexibility index (Phi) is 5.03. The molecule has 0 spiro atoms. The van der Waals surface area contributed by atoms with E-state index in [1.807, 2.05) is 0 Å². The van der Waals surface area contributed by atoms with E-state index in [1.165, 1.54) is 25.1 Å². The molecular weight excluding hydrogens is 290 g/mol. The molecule has 0 radical (unpaired) electrons. The second-order valence-corrected chi connectivity index (χ2v) is 6.23. The van der Waals surface area contributed by atoms with Crippen LogP contribution in [0.25, 0.3) is 0 Å². The van der Waals surface area contributed by atoms with E-state index in [0.717, 1.165) is 0 Å². The Balaban J connectivity index is 2.91. The van der Waals surface area contributed by atoms with E-state index in [9.17, 15) is 19.8 Å². The Bertz CT molecular complexity index is 574. The van der Waals surface area contributed by atoms with Gasteiger partial charge in [0.25, 0.3) is 0 Å². The number of aliphatic hydroxyl groups is 1. The number of ether oxygens (including phenoxy) is 1. The Hall–Kier alpha value is -2.28. The monoisotopic (exact) mass is 311 g/mol. The zero-order valence-electron chi connectivity index (χ0n) is 13.0. The van der Waals surface area contributed by atoms with Crippen LogP contribution in [0.5, 0.6) is 5.75 Å². The summed E-state index contributed by atoms with van der Waals surface area (Å²) in [4.78, 5) is 22.6. The summed E-state index contributed by atoms with van der Waals surface area (Å²) in [6.07, 6.45) is -0.920. The van der Waals surface area contributed by atoms with Crippen LogP contribution in [-0.4, -0.2) is 38.6 Å². The highest BCUT2D eigenvalue weighted by Gasteiger charge is 2.30. The van der Waals surface area contributed by atoms with Gasteiger partial charge in [0, 0.05) is 6.42 Å². The first-order valence-corrected chi connectivity index (χ1v) is 6.68. The molecule has 0 aliphatic carbocycles. The van der Waals surface area contributed by atoms with Gasteiger partial charge in [-0.15, -0.1) is 0 Å². The first kappa shape index (κ1) is 17.8. The van der Waals surface area contributed by atoms with Gasteiger partial charge in [0.1, 0.15) is 11.4 Å². The number of rotatable bonds is 4. The fraction of sp³-hybridized carbons (Fsp3) is 0.467. The minimum atomic E-state index is -1.94. The first-order chi connectivity index (χ1) is 9.90. The highest BCUT2D eigenvalue weighted by atomic mass is 16.6. The van der Waals surface area contributed by atoms with Crippen LogP contribution in [0.3, 0.4) is 0 Å². The highest BCUT2D eigenvalue weighted by molar-refractivity contribution is 5.87. The topological polar surface area (TPSA) is 116 Å². The van der Waals surface area contributed by atoms with E-state index in [4.69, 9.17) is 9.84 Å². The van der Waals surface area contributed by atoms with Crippen LogP contribution in [-0.2, 0) is 16.0 Å². The molecule has 0 aromatic heterocycles. The molecule has 1 unspecified atom stereocenters. The highest BCUT2D eigenvalue weighted by Crippen LogP contribution is 2.27. The van der Waals surface area contributed by atoms with E-state index in [-0.39, 0.29) is 17.9 Å². The number of phenolic OH excluding ortho intramolecular Hbond substituents is 1. The number of carboxylic acid groups (broad SMARTS) is 1. The Morgan fingerprint density at radius 2 is 1.82 bits per heavy atom. The van der Waals surface area contributed by atoms with E-state index in [0.29, 0.717) is 5.56 Å². The Labute approximate surface area is 128 Å². The summed E-state index contributed by atoms with van der Waals surface area (Å²) >= 11 is 0. The molecule has 0 aliphatic heterocycles. The number of hydrogen-bond acceptors (Lipinski definition) is 5. The van der Waals surface area contributed by atoms with Crippen LogP contribution in [0.2, 0.25) is 0 Å². The predicted octanol–water partition coefficient (Wildman–Crippen LogP) is 2.12. The largest absolute Gasteiger partial charge is 0.506 e. The molecule has 7 nitrogen and oxygen atoms in total.